The van der Waals surface area contributed by atoms with E-state index in [1.165, 1.54) is 30.3 Å². The zero-order chi connectivity index (χ0) is 21.2. The van der Waals surface area contributed by atoms with E-state index in [2.05, 4.69) is 4.74 Å². The van der Waals surface area contributed by atoms with Crippen molar-refractivity contribution in [3.63, 3.8) is 0 Å². The van der Waals surface area contributed by atoms with Crippen LogP contribution in [0.3, 0.4) is 0 Å². The van der Waals surface area contributed by atoms with Crippen LogP contribution in [0.4, 0.5) is 0 Å². The molecule has 0 radical (unpaired) electrons. The van der Waals surface area contributed by atoms with Gasteiger partial charge in [0, 0.05) is 22.7 Å². The van der Waals surface area contributed by atoms with Crippen molar-refractivity contribution in [3.05, 3.63) is 71.9 Å². The lowest BCUT2D eigenvalue weighted by atomic mass is 10.0. The molecule has 29 heavy (non-hydrogen) atoms. The van der Waals surface area contributed by atoms with Crippen LogP contribution in [0.2, 0.25) is 0 Å². The molecule has 0 atom stereocenters. The van der Waals surface area contributed by atoms with Crippen LogP contribution >= 0.6 is 0 Å². The third kappa shape index (κ3) is 3.54. The molecular weight excluding hydrogens is 394 g/mol. The molecule has 150 valence electrons. The predicted molar refractivity (Wildman–Crippen MR) is 108 cm³/mol. The van der Waals surface area contributed by atoms with Gasteiger partial charge in [0.15, 0.2) is 0 Å². The Bertz CT molecular complexity index is 1220. The quantitative estimate of drug-likeness (QED) is 0.472. The molecule has 7 nitrogen and oxygen atoms in total. The Kier molecular flexibility index (Phi) is 5.56. The summed E-state index contributed by atoms with van der Waals surface area (Å²) in [4.78, 5) is 24.4. The number of hydrogen-bond acceptors (Lipinski definition) is 6. The molecular formula is C21H19NO6S. The molecule has 2 aromatic carbocycles. The Morgan fingerprint density at radius 3 is 2.17 bits per heavy atom. The molecule has 0 fully saturated rings. The first-order valence-corrected chi connectivity index (χ1v) is 10.1. The van der Waals surface area contributed by atoms with Crippen molar-refractivity contribution < 1.29 is 27.5 Å². The molecule has 0 N–H and O–H groups in total. The number of benzene rings is 2. The van der Waals surface area contributed by atoms with Gasteiger partial charge in [-0.3, -0.25) is 0 Å². The maximum atomic E-state index is 13.4. The number of para-hydroxylation sites is 1. The van der Waals surface area contributed by atoms with Crippen LogP contribution in [-0.2, 0) is 29.1 Å². The van der Waals surface area contributed by atoms with Crippen LogP contribution in [0.5, 0.6) is 0 Å². The first-order chi connectivity index (χ1) is 13.8. The lowest BCUT2D eigenvalue weighted by Crippen LogP contribution is -2.15. The summed E-state index contributed by atoms with van der Waals surface area (Å²) in [5.41, 5.74) is 0.853. The highest BCUT2D eigenvalue weighted by atomic mass is 32.2. The van der Waals surface area contributed by atoms with Gasteiger partial charge in [0.1, 0.15) is 0 Å². The number of fused-ring (bicyclic) bond motifs is 1. The molecule has 0 spiro atoms. The molecule has 3 rings (SSSR count). The molecule has 1 aromatic heterocycles. The Labute approximate surface area is 168 Å². The van der Waals surface area contributed by atoms with Crippen molar-refractivity contribution in [2.75, 3.05) is 14.2 Å². The molecule has 3 aromatic rings. The number of hydrogen-bond donors (Lipinski definition) is 0. The van der Waals surface area contributed by atoms with Crippen LogP contribution in [0.15, 0.2) is 65.6 Å². The summed E-state index contributed by atoms with van der Waals surface area (Å²) in [6, 6.07) is 14.7. The number of aromatic nitrogens is 1. The van der Waals surface area contributed by atoms with E-state index in [0.29, 0.717) is 10.9 Å². The Balaban J connectivity index is 2.40. The number of nitrogens with zero attached hydrogens (tertiary/aromatic N) is 1. The highest BCUT2D eigenvalue weighted by molar-refractivity contribution is 7.90. The van der Waals surface area contributed by atoms with Crippen molar-refractivity contribution in [1.82, 2.24) is 3.97 Å². The van der Waals surface area contributed by atoms with Crippen LogP contribution < -0.4 is 0 Å². The fourth-order valence-corrected chi connectivity index (χ4v) is 4.79. The van der Waals surface area contributed by atoms with Gasteiger partial charge in [-0.05, 0) is 25.1 Å². The Hall–Kier alpha value is -3.39. The monoisotopic (exact) mass is 413 g/mol. The summed E-state index contributed by atoms with van der Waals surface area (Å²) >= 11 is 0. The first-order valence-electron chi connectivity index (χ1n) is 8.62. The van der Waals surface area contributed by atoms with Gasteiger partial charge >= 0.3 is 11.9 Å². The standard InChI is InChI=1S/C21H19NO6S/c1-14-20(17(21(24)28-3)13-19(23)27-2)16-11-7-8-12-18(16)22(14)29(25,26)15-9-5-4-6-10-15/h4-13H,1-3H3/b17-13-. The zero-order valence-corrected chi connectivity index (χ0v) is 16.9. The zero-order valence-electron chi connectivity index (χ0n) is 16.1. The second-order valence-corrected chi connectivity index (χ2v) is 7.92. The summed E-state index contributed by atoms with van der Waals surface area (Å²) < 4.78 is 37.3. The molecule has 0 amide bonds. The summed E-state index contributed by atoms with van der Waals surface area (Å²) in [6.07, 6.45) is 1.00. The van der Waals surface area contributed by atoms with Crippen LogP contribution in [0, 0.1) is 6.92 Å². The average molecular weight is 413 g/mol. The predicted octanol–water partition coefficient (Wildman–Crippen LogP) is 2.92. The second-order valence-electron chi connectivity index (χ2n) is 6.13. The van der Waals surface area contributed by atoms with Crippen LogP contribution in [0.1, 0.15) is 11.3 Å². The highest BCUT2D eigenvalue weighted by Crippen LogP contribution is 2.34. The second kappa shape index (κ2) is 7.92. The highest BCUT2D eigenvalue weighted by Gasteiger charge is 2.29. The minimum absolute atomic E-state index is 0.0879. The summed E-state index contributed by atoms with van der Waals surface area (Å²) in [6.45, 7) is 1.57. The number of ether oxygens (including phenoxy) is 2. The number of rotatable bonds is 5. The molecule has 0 bridgehead atoms. The molecule has 0 saturated heterocycles. The molecule has 8 heteroatoms. The van der Waals surface area contributed by atoms with Gasteiger partial charge in [-0.2, -0.15) is 0 Å². The van der Waals surface area contributed by atoms with E-state index < -0.39 is 22.0 Å². The molecule has 0 aliphatic rings. The normalized spacial score (nSPS) is 12.0. The smallest absolute Gasteiger partial charge is 0.338 e. The van der Waals surface area contributed by atoms with Crippen molar-refractivity contribution in [3.8, 4) is 0 Å². The lowest BCUT2D eigenvalue weighted by Gasteiger charge is -2.11. The van der Waals surface area contributed by atoms with E-state index in [4.69, 9.17) is 4.74 Å². The number of methoxy groups -OCH3 is 2. The van der Waals surface area contributed by atoms with Gasteiger partial charge in [-0.15, -0.1) is 0 Å². The fourth-order valence-electron chi connectivity index (χ4n) is 3.21. The van der Waals surface area contributed by atoms with E-state index in [0.717, 1.165) is 6.08 Å². The van der Waals surface area contributed by atoms with Crippen molar-refractivity contribution in [2.45, 2.75) is 11.8 Å². The topological polar surface area (TPSA) is 91.7 Å². The molecule has 1 heterocycles. The number of carbonyl (C=O) groups excluding carboxylic acids is 2. The van der Waals surface area contributed by atoms with E-state index in [1.54, 1.807) is 49.4 Å². The van der Waals surface area contributed by atoms with E-state index in [-0.39, 0.29) is 21.7 Å². The lowest BCUT2D eigenvalue weighted by molar-refractivity contribution is -0.136. The minimum atomic E-state index is -3.95. The van der Waals surface area contributed by atoms with E-state index in [9.17, 15) is 18.0 Å². The van der Waals surface area contributed by atoms with Crippen molar-refractivity contribution in [1.29, 1.82) is 0 Å². The summed E-state index contributed by atoms with van der Waals surface area (Å²) in [5, 5.41) is 0.491. The third-order valence-corrected chi connectivity index (χ3v) is 6.30. The van der Waals surface area contributed by atoms with Gasteiger partial charge in [0.2, 0.25) is 0 Å². The summed E-state index contributed by atoms with van der Waals surface area (Å²) in [7, 11) is -1.59. The molecule has 0 aliphatic heterocycles. The van der Waals surface area contributed by atoms with Gasteiger partial charge in [-0.1, -0.05) is 36.4 Å². The van der Waals surface area contributed by atoms with Crippen molar-refractivity contribution >= 4 is 38.4 Å². The molecule has 0 unspecified atom stereocenters. The van der Waals surface area contributed by atoms with Crippen molar-refractivity contribution in [2.24, 2.45) is 0 Å². The fraction of sp³-hybridized carbons (Fsp3) is 0.143. The maximum Gasteiger partial charge on any atom is 0.338 e. The Morgan fingerprint density at radius 2 is 1.55 bits per heavy atom. The largest absolute Gasteiger partial charge is 0.466 e. The number of esters is 2. The van der Waals surface area contributed by atoms with Crippen LogP contribution in [-0.4, -0.2) is 38.5 Å². The van der Waals surface area contributed by atoms with Gasteiger partial charge < -0.3 is 9.47 Å². The van der Waals surface area contributed by atoms with E-state index in [1.807, 2.05) is 0 Å². The van der Waals surface area contributed by atoms with Gasteiger partial charge in [-0.25, -0.2) is 22.0 Å². The number of carbonyl (C=O) groups is 2. The van der Waals surface area contributed by atoms with Gasteiger partial charge in [0.25, 0.3) is 10.0 Å². The SMILES string of the molecule is COC(=O)/C=C(\C(=O)OC)c1c(C)n(S(=O)(=O)c2ccccc2)c2ccccc12. The average Bonchev–Trinajstić information content (AvgIpc) is 3.04. The third-order valence-electron chi connectivity index (χ3n) is 4.48. The first kappa shape index (κ1) is 20.3. The molecule has 0 saturated carbocycles. The minimum Gasteiger partial charge on any atom is -0.466 e. The van der Waals surface area contributed by atoms with Crippen LogP contribution in [0.25, 0.3) is 16.5 Å². The van der Waals surface area contributed by atoms with Gasteiger partial charge in [0.05, 0.1) is 30.2 Å². The maximum absolute atomic E-state index is 13.4. The Morgan fingerprint density at radius 1 is 0.931 bits per heavy atom. The molecule has 0 aliphatic carbocycles. The summed E-state index contributed by atoms with van der Waals surface area (Å²) in [5.74, 6) is -1.54. The van der Waals surface area contributed by atoms with E-state index >= 15 is 0 Å².